The lowest BCUT2D eigenvalue weighted by Gasteiger charge is -2.13. The number of benzene rings is 2. The minimum absolute atomic E-state index is 0.111. The first-order valence-electron chi connectivity index (χ1n) is 7.08. The van der Waals surface area contributed by atoms with Crippen molar-refractivity contribution in [3.05, 3.63) is 71.3 Å². The highest BCUT2D eigenvalue weighted by Gasteiger charge is 2.13. The number of hydrazine groups is 1. The maximum absolute atomic E-state index is 11.9. The number of nitrogens with zero attached hydrogens (tertiary/aromatic N) is 2. The number of amides is 1. The van der Waals surface area contributed by atoms with Gasteiger partial charge in [-0.25, -0.2) is 0 Å². The van der Waals surface area contributed by atoms with E-state index in [-0.39, 0.29) is 5.91 Å². The highest BCUT2D eigenvalue weighted by Crippen LogP contribution is 2.15. The van der Waals surface area contributed by atoms with Crippen molar-refractivity contribution in [2.45, 2.75) is 12.8 Å². The Morgan fingerprint density at radius 1 is 1.00 bits per heavy atom. The molecule has 3 rings (SSSR count). The molecule has 0 saturated carbocycles. The molecule has 1 heterocycles. The molecule has 0 atom stereocenters. The number of hydrogen-bond donors (Lipinski definition) is 2. The third-order valence-corrected chi connectivity index (χ3v) is 3.41. The van der Waals surface area contributed by atoms with Crippen LogP contribution in [0, 0.1) is 0 Å². The first-order valence-corrected chi connectivity index (χ1v) is 7.08. The summed E-state index contributed by atoms with van der Waals surface area (Å²) in [5.41, 5.74) is 9.06. The SMILES string of the molecule is O=C1Cc2ccccc2/C(Cc2ccccc2)=N/N=CNN1. The Kier molecular flexibility index (Phi) is 4.25. The maximum Gasteiger partial charge on any atom is 0.242 e. The minimum atomic E-state index is -0.111. The van der Waals surface area contributed by atoms with Gasteiger partial charge in [0.1, 0.15) is 6.34 Å². The Balaban J connectivity index is 2.01. The smallest absolute Gasteiger partial charge is 0.242 e. The lowest BCUT2D eigenvalue weighted by molar-refractivity contribution is -0.120. The van der Waals surface area contributed by atoms with Gasteiger partial charge < -0.3 is 0 Å². The fourth-order valence-corrected chi connectivity index (χ4v) is 2.39. The van der Waals surface area contributed by atoms with Crippen LogP contribution in [0.1, 0.15) is 16.7 Å². The van der Waals surface area contributed by atoms with E-state index in [1.165, 1.54) is 6.34 Å². The molecule has 0 radical (unpaired) electrons. The van der Waals surface area contributed by atoms with Gasteiger partial charge in [0.15, 0.2) is 0 Å². The molecule has 0 bridgehead atoms. The number of fused-ring (bicyclic) bond motifs is 1. The highest BCUT2D eigenvalue weighted by molar-refractivity contribution is 6.04. The van der Waals surface area contributed by atoms with Crippen molar-refractivity contribution in [3.8, 4) is 0 Å². The quantitative estimate of drug-likeness (QED) is 0.887. The molecule has 1 aliphatic heterocycles. The van der Waals surface area contributed by atoms with E-state index >= 15 is 0 Å². The van der Waals surface area contributed by atoms with Crippen molar-refractivity contribution in [2.24, 2.45) is 10.2 Å². The summed E-state index contributed by atoms with van der Waals surface area (Å²) in [6, 6.07) is 17.9. The molecule has 0 aromatic heterocycles. The van der Waals surface area contributed by atoms with Crippen molar-refractivity contribution in [3.63, 3.8) is 0 Å². The van der Waals surface area contributed by atoms with Crippen LogP contribution in [0.25, 0.3) is 0 Å². The summed E-state index contributed by atoms with van der Waals surface area (Å²) < 4.78 is 0. The van der Waals surface area contributed by atoms with Crippen LogP contribution in [0.5, 0.6) is 0 Å². The third-order valence-electron chi connectivity index (χ3n) is 3.41. The molecule has 2 aromatic rings. The summed E-state index contributed by atoms with van der Waals surface area (Å²) in [5, 5.41) is 8.30. The summed E-state index contributed by atoms with van der Waals surface area (Å²) in [4.78, 5) is 11.9. The Hall–Kier alpha value is -2.95. The van der Waals surface area contributed by atoms with E-state index in [9.17, 15) is 4.79 Å². The maximum atomic E-state index is 11.9. The van der Waals surface area contributed by atoms with Gasteiger partial charge in [-0.3, -0.25) is 15.6 Å². The Labute approximate surface area is 128 Å². The lowest BCUT2D eigenvalue weighted by atomic mass is 9.96. The number of rotatable bonds is 2. The molecular weight excluding hydrogens is 276 g/mol. The van der Waals surface area contributed by atoms with Gasteiger partial charge in [-0.15, -0.1) is 5.10 Å². The molecule has 0 saturated heterocycles. The Bertz CT molecular complexity index is 722. The van der Waals surface area contributed by atoms with Crippen LogP contribution < -0.4 is 10.9 Å². The van der Waals surface area contributed by atoms with Gasteiger partial charge in [-0.1, -0.05) is 54.6 Å². The van der Waals surface area contributed by atoms with E-state index < -0.39 is 0 Å². The normalized spacial score (nSPS) is 16.7. The molecule has 0 unspecified atom stereocenters. The summed E-state index contributed by atoms with van der Waals surface area (Å²) in [6.07, 6.45) is 2.33. The van der Waals surface area contributed by atoms with Crippen LogP contribution in [0.4, 0.5) is 0 Å². The zero-order valence-corrected chi connectivity index (χ0v) is 12.0. The van der Waals surface area contributed by atoms with Crippen molar-refractivity contribution in [2.75, 3.05) is 0 Å². The summed E-state index contributed by atoms with van der Waals surface area (Å²) in [6.45, 7) is 0. The Morgan fingerprint density at radius 2 is 1.77 bits per heavy atom. The van der Waals surface area contributed by atoms with E-state index in [1.807, 2.05) is 42.5 Å². The predicted molar refractivity (Wildman–Crippen MR) is 86.6 cm³/mol. The van der Waals surface area contributed by atoms with Crippen molar-refractivity contribution >= 4 is 18.0 Å². The predicted octanol–water partition coefficient (Wildman–Crippen LogP) is 1.84. The Morgan fingerprint density at radius 3 is 2.64 bits per heavy atom. The molecule has 110 valence electrons. The zero-order valence-electron chi connectivity index (χ0n) is 12.0. The number of carbonyl (C=O) groups is 1. The molecule has 2 aromatic carbocycles. The fourth-order valence-electron chi connectivity index (χ4n) is 2.39. The first-order chi connectivity index (χ1) is 10.8. The molecule has 5 nitrogen and oxygen atoms in total. The fraction of sp³-hybridized carbons (Fsp3) is 0.118. The van der Waals surface area contributed by atoms with Gasteiger partial charge in [0.05, 0.1) is 12.1 Å². The largest absolute Gasteiger partial charge is 0.286 e. The number of carbonyl (C=O) groups excluding carboxylic acids is 1. The molecule has 22 heavy (non-hydrogen) atoms. The number of nitrogens with one attached hydrogen (secondary N) is 2. The van der Waals surface area contributed by atoms with Gasteiger partial charge in [-0.05, 0) is 11.1 Å². The van der Waals surface area contributed by atoms with Crippen LogP contribution in [0.3, 0.4) is 0 Å². The number of hydrogen-bond acceptors (Lipinski definition) is 4. The van der Waals surface area contributed by atoms with E-state index in [1.54, 1.807) is 0 Å². The van der Waals surface area contributed by atoms with Crippen molar-refractivity contribution < 1.29 is 4.79 Å². The van der Waals surface area contributed by atoms with Gasteiger partial charge in [0.25, 0.3) is 0 Å². The molecule has 5 heteroatoms. The average Bonchev–Trinajstić information content (AvgIpc) is 2.55. The van der Waals surface area contributed by atoms with Crippen LogP contribution >= 0.6 is 0 Å². The van der Waals surface area contributed by atoms with E-state index in [2.05, 4.69) is 33.2 Å². The first kappa shape index (κ1) is 14.0. The minimum Gasteiger partial charge on any atom is -0.286 e. The molecule has 0 aliphatic carbocycles. The van der Waals surface area contributed by atoms with Gasteiger partial charge in [-0.2, -0.15) is 5.10 Å². The monoisotopic (exact) mass is 292 g/mol. The standard InChI is InChI=1S/C17H16N4O/c22-17-11-14-8-4-5-9-15(14)16(20-18-12-19-21-17)10-13-6-2-1-3-7-13/h1-9,12H,10-11H2,(H,18,19)(H,21,22)/b20-16+. The van der Waals surface area contributed by atoms with E-state index in [0.717, 1.165) is 22.4 Å². The second kappa shape index (κ2) is 6.67. The average molecular weight is 292 g/mol. The van der Waals surface area contributed by atoms with Gasteiger partial charge >= 0.3 is 0 Å². The van der Waals surface area contributed by atoms with E-state index in [0.29, 0.717) is 12.8 Å². The summed E-state index contributed by atoms with van der Waals surface area (Å²) in [5.74, 6) is -0.111. The van der Waals surface area contributed by atoms with Crippen molar-refractivity contribution in [1.82, 2.24) is 10.9 Å². The molecule has 1 amide bonds. The lowest BCUT2D eigenvalue weighted by Crippen LogP contribution is -2.37. The third kappa shape index (κ3) is 3.38. The second-order valence-electron chi connectivity index (χ2n) is 4.98. The van der Waals surface area contributed by atoms with Gasteiger partial charge in [0.2, 0.25) is 5.91 Å². The second-order valence-corrected chi connectivity index (χ2v) is 4.98. The molecule has 1 aliphatic rings. The van der Waals surface area contributed by atoms with Crippen LogP contribution in [-0.4, -0.2) is 18.0 Å². The van der Waals surface area contributed by atoms with Crippen LogP contribution in [0.2, 0.25) is 0 Å². The van der Waals surface area contributed by atoms with Crippen LogP contribution in [-0.2, 0) is 17.6 Å². The molecule has 2 N–H and O–H groups in total. The molecule has 0 spiro atoms. The van der Waals surface area contributed by atoms with Gasteiger partial charge in [0, 0.05) is 12.0 Å². The zero-order chi connectivity index (χ0) is 15.2. The van der Waals surface area contributed by atoms with Crippen molar-refractivity contribution in [1.29, 1.82) is 0 Å². The van der Waals surface area contributed by atoms with Crippen LogP contribution in [0.15, 0.2) is 64.8 Å². The molecular formula is C17H16N4O. The summed E-state index contributed by atoms with van der Waals surface area (Å²) >= 11 is 0. The molecule has 0 fully saturated rings. The topological polar surface area (TPSA) is 65.8 Å². The summed E-state index contributed by atoms with van der Waals surface area (Å²) in [7, 11) is 0. The van der Waals surface area contributed by atoms with E-state index in [4.69, 9.17) is 0 Å². The highest BCUT2D eigenvalue weighted by atomic mass is 16.2.